The van der Waals surface area contributed by atoms with Crippen molar-refractivity contribution in [3.05, 3.63) is 59.2 Å². The van der Waals surface area contributed by atoms with Gasteiger partial charge < -0.3 is 14.8 Å². The zero-order valence-electron chi connectivity index (χ0n) is 16.3. The Morgan fingerprint density at radius 1 is 1.24 bits per heavy atom. The SMILES string of the molecule is COc1ccc(C)cc1NC(=O)COC(=O)c1ccccc1CSC1=NCCS1. The maximum atomic E-state index is 12.5. The number of aliphatic imine (C=N–C) groups is 1. The van der Waals surface area contributed by atoms with E-state index in [1.165, 1.54) is 7.11 Å². The largest absolute Gasteiger partial charge is 0.495 e. The lowest BCUT2D eigenvalue weighted by Crippen LogP contribution is -2.21. The van der Waals surface area contributed by atoms with Crippen molar-refractivity contribution in [2.75, 3.05) is 31.3 Å². The van der Waals surface area contributed by atoms with Crippen LogP contribution in [0.1, 0.15) is 21.5 Å². The van der Waals surface area contributed by atoms with E-state index in [9.17, 15) is 9.59 Å². The van der Waals surface area contributed by atoms with E-state index in [2.05, 4.69) is 10.3 Å². The molecular formula is C21H22N2O4S2. The number of benzene rings is 2. The van der Waals surface area contributed by atoms with Crippen molar-refractivity contribution < 1.29 is 19.1 Å². The first-order valence-electron chi connectivity index (χ1n) is 9.06. The van der Waals surface area contributed by atoms with Crippen molar-refractivity contribution in [3.8, 4) is 5.75 Å². The maximum absolute atomic E-state index is 12.5. The fourth-order valence-electron chi connectivity index (χ4n) is 2.70. The van der Waals surface area contributed by atoms with Crippen LogP contribution in [0.15, 0.2) is 47.5 Å². The van der Waals surface area contributed by atoms with Crippen molar-refractivity contribution in [1.29, 1.82) is 0 Å². The van der Waals surface area contributed by atoms with Crippen molar-refractivity contribution in [1.82, 2.24) is 0 Å². The van der Waals surface area contributed by atoms with Gasteiger partial charge in [0.15, 0.2) is 6.61 Å². The first-order valence-corrected chi connectivity index (χ1v) is 11.0. The molecule has 0 unspecified atom stereocenters. The summed E-state index contributed by atoms with van der Waals surface area (Å²) < 4.78 is 11.5. The second-order valence-corrected chi connectivity index (χ2v) is 8.58. The molecule has 0 atom stereocenters. The highest BCUT2D eigenvalue weighted by molar-refractivity contribution is 8.38. The lowest BCUT2D eigenvalue weighted by atomic mass is 10.1. The molecule has 0 saturated heterocycles. The Kier molecular flexibility index (Phi) is 7.60. The molecule has 2 aromatic carbocycles. The number of esters is 1. The van der Waals surface area contributed by atoms with E-state index in [-0.39, 0.29) is 6.61 Å². The molecule has 1 aliphatic heterocycles. The molecule has 0 bridgehead atoms. The number of aryl methyl sites for hydroxylation is 1. The van der Waals surface area contributed by atoms with Crippen LogP contribution >= 0.6 is 23.5 Å². The Hall–Kier alpha value is -2.45. The van der Waals surface area contributed by atoms with E-state index >= 15 is 0 Å². The molecule has 0 spiro atoms. The molecule has 1 heterocycles. The molecule has 8 heteroatoms. The predicted octanol–water partition coefficient (Wildman–Crippen LogP) is 4.14. The van der Waals surface area contributed by atoms with Crippen LogP contribution in [0.3, 0.4) is 0 Å². The first-order chi connectivity index (χ1) is 14.1. The number of hydrogen-bond donors (Lipinski definition) is 1. The standard InChI is InChI=1S/C21H22N2O4S2/c1-14-7-8-18(26-2)17(11-14)23-19(24)12-27-20(25)16-6-4-3-5-15(16)13-29-21-22-9-10-28-21/h3-8,11H,9-10,12-13H2,1-2H3,(H,23,24). The van der Waals surface area contributed by atoms with Crippen LogP contribution in [-0.2, 0) is 15.3 Å². The molecule has 1 aliphatic rings. The van der Waals surface area contributed by atoms with Gasteiger partial charge in [-0.25, -0.2) is 4.79 Å². The topological polar surface area (TPSA) is 77.0 Å². The van der Waals surface area contributed by atoms with E-state index in [1.54, 1.807) is 47.8 Å². The molecule has 0 radical (unpaired) electrons. The third-order valence-corrected chi connectivity index (χ3v) is 6.41. The molecule has 3 rings (SSSR count). The maximum Gasteiger partial charge on any atom is 0.338 e. The van der Waals surface area contributed by atoms with Crippen LogP contribution in [0.5, 0.6) is 5.75 Å². The monoisotopic (exact) mass is 430 g/mol. The van der Waals surface area contributed by atoms with Crippen molar-refractivity contribution in [3.63, 3.8) is 0 Å². The minimum absolute atomic E-state index is 0.375. The highest BCUT2D eigenvalue weighted by atomic mass is 32.2. The molecule has 0 aliphatic carbocycles. The Labute approximate surface area is 178 Å². The molecule has 29 heavy (non-hydrogen) atoms. The summed E-state index contributed by atoms with van der Waals surface area (Å²) in [7, 11) is 1.53. The normalized spacial score (nSPS) is 13.0. The van der Waals surface area contributed by atoms with Gasteiger partial charge in [-0.3, -0.25) is 9.79 Å². The number of ether oxygens (including phenoxy) is 2. The van der Waals surface area contributed by atoms with E-state index in [4.69, 9.17) is 9.47 Å². The molecule has 6 nitrogen and oxygen atoms in total. The van der Waals surface area contributed by atoms with Gasteiger partial charge in [0.05, 0.1) is 24.9 Å². The lowest BCUT2D eigenvalue weighted by molar-refractivity contribution is -0.119. The van der Waals surface area contributed by atoms with Gasteiger partial charge in [-0.05, 0) is 36.2 Å². The fourth-order valence-corrected chi connectivity index (χ4v) is 4.72. The van der Waals surface area contributed by atoms with Crippen LogP contribution in [-0.4, -0.2) is 42.3 Å². The highest BCUT2D eigenvalue weighted by Crippen LogP contribution is 2.27. The Morgan fingerprint density at radius 3 is 2.83 bits per heavy atom. The summed E-state index contributed by atoms with van der Waals surface area (Å²) in [5, 5.41) is 2.72. The molecule has 1 amide bonds. The minimum Gasteiger partial charge on any atom is -0.495 e. The molecule has 152 valence electrons. The average molecular weight is 431 g/mol. The Bertz CT molecular complexity index is 931. The quantitative estimate of drug-likeness (QED) is 0.666. The van der Waals surface area contributed by atoms with Gasteiger partial charge in [0.25, 0.3) is 5.91 Å². The Morgan fingerprint density at radius 2 is 2.07 bits per heavy atom. The smallest absolute Gasteiger partial charge is 0.338 e. The molecule has 1 N–H and O–H groups in total. The van der Waals surface area contributed by atoms with Gasteiger partial charge in [-0.1, -0.05) is 47.8 Å². The zero-order chi connectivity index (χ0) is 20.6. The minimum atomic E-state index is -0.520. The number of hydrogen-bond acceptors (Lipinski definition) is 7. The second kappa shape index (κ2) is 10.4. The lowest BCUT2D eigenvalue weighted by Gasteiger charge is -2.12. The van der Waals surface area contributed by atoms with Crippen LogP contribution in [0.2, 0.25) is 0 Å². The molecular weight excluding hydrogens is 408 g/mol. The van der Waals surface area contributed by atoms with Crippen LogP contribution < -0.4 is 10.1 Å². The summed E-state index contributed by atoms with van der Waals surface area (Å²) in [5.74, 6) is 1.24. The first kappa shape index (κ1) is 21.3. The Balaban J connectivity index is 1.58. The third-order valence-electron chi connectivity index (χ3n) is 4.11. The fraction of sp³-hybridized carbons (Fsp3) is 0.286. The van der Waals surface area contributed by atoms with Gasteiger partial charge >= 0.3 is 5.97 Å². The second-order valence-electron chi connectivity index (χ2n) is 6.27. The molecule has 0 aromatic heterocycles. The van der Waals surface area contributed by atoms with Gasteiger partial charge in [0.2, 0.25) is 0 Å². The number of nitrogens with one attached hydrogen (secondary N) is 1. The number of anilines is 1. The number of methoxy groups -OCH3 is 1. The number of thioether (sulfide) groups is 2. The van der Waals surface area contributed by atoms with Crippen molar-refractivity contribution in [2.24, 2.45) is 4.99 Å². The zero-order valence-corrected chi connectivity index (χ0v) is 17.9. The molecule has 0 saturated carbocycles. The molecule has 2 aromatic rings. The number of carbonyl (C=O) groups excluding carboxylic acids is 2. The van der Waals surface area contributed by atoms with Gasteiger partial charge in [-0.2, -0.15) is 0 Å². The van der Waals surface area contributed by atoms with Crippen LogP contribution in [0.25, 0.3) is 0 Å². The summed E-state index contributed by atoms with van der Waals surface area (Å²) in [6.07, 6.45) is 0. The van der Waals surface area contributed by atoms with Crippen molar-refractivity contribution in [2.45, 2.75) is 12.7 Å². The summed E-state index contributed by atoms with van der Waals surface area (Å²) in [4.78, 5) is 29.2. The van der Waals surface area contributed by atoms with Crippen LogP contribution in [0, 0.1) is 6.92 Å². The summed E-state index contributed by atoms with van der Waals surface area (Å²) in [5.41, 5.74) is 2.85. The molecule has 0 fully saturated rings. The summed E-state index contributed by atoms with van der Waals surface area (Å²) in [6, 6.07) is 12.7. The number of rotatable bonds is 7. The third kappa shape index (κ3) is 6.01. The highest BCUT2D eigenvalue weighted by Gasteiger charge is 2.16. The number of carbonyl (C=O) groups is 2. The summed E-state index contributed by atoms with van der Waals surface area (Å²) >= 11 is 3.34. The van der Waals surface area contributed by atoms with E-state index in [0.29, 0.717) is 22.8 Å². The average Bonchev–Trinajstić information content (AvgIpc) is 3.24. The number of nitrogens with zero attached hydrogens (tertiary/aromatic N) is 1. The predicted molar refractivity (Wildman–Crippen MR) is 119 cm³/mol. The van der Waals surface area contributed by atoms with Gasteiger partial charge in [0.1, 0.15) is 10.1 Å². The van der Waals surface area contributed by atoms with E-state index in [1.807, 2.05) is 25.1 Å². The summed E-state index contributed by atoms with van der Waals surface area (Å²) in [6.45, 7) is 2.39. The van der Waals surface area contributed by atoms with E-state index in [0.717, 1.165) is 27.8 Å². The van der Waals surface area contributed by atoms with Gasteiger partial charge in [-0.15, -0.1) is 0 Å². The van der Waals surface area contributed by atoms with Crippen molar-refractivity contribution >= 4 is 45.5 Å². The number of amides is 1. The van der Waals surface area contributed by atoms with Gasteiger partial charge in [0, 0.05) is 11.5 Å². The van der Waals surface area contributed by atoms with E-state index < -0.39 is 11.9 Å². The van der Waals surface area contributed by atoms with Crippen LogP contribution in [0.4, 0.5) is 5.69 Å².